The van der Waals surface area contributed by atoms with Crippen LogP contribution in [0.15, 0.2) is 66.9 Å². The van der Waals surface area contributed by atoms with Crippen LogP contribution in [0.5, 0.6) is 5.75 Å². The monoisotopic (exact) mass is 380 g/mol. The van der Waals surface area contributed by atoms with E-state index < -0.39 is 0 Å². The molecule has 0 amide bonds. The van der Waals surface area contributed by atoms with Crippen LogP contribution in [-0.2, 0) is 0 Å². The van der Waals surface area contributed by atoms with Crippen molar-refractivity contribution in [2.75, 3.05) is 7.11 Å². The fourth-order valence-corrected chi connectivity index (χ4v) is 4.23. The number of aryl methyl sites for hydroxylation is 1. The Hall–Kier alpha value is -2.56. The zero-order valence-corrected chi connectivity index (χ0v) is 16.0. The average molecular weight is 381 g/mol. The lowest BCUT2D eigenvalue weighted by molar-refractivity contribution is 0.415. The van der Waals surface area contributed by atoms with Gasteiger partial charge in [-0.05, 0) is 60.5 Å². The second-order valence-corrected chi connectivity index (χ2v) is 7.42. The molecule has 0 aliphatic heterocycles. The molecule has 5 heteroatoms. The van der Waals surface area contributed by atoms with Gasteiger partial charge in [0, 0.05) is 4.88 Å². The molecule has 26 heavy (non-hydrogen) atoms. The summed E-state index contributed by atoms with van der Waals surface area (Å²) in [6, 6.07) is 20.2. The number of para-hydroxylation sites is 1. The van der Waals surface area contributed by atoms with E-state index in [2.05, 4.69) is 36.3 Å². The molecule has 0 unspecified atom stereocenters. The van der Waals surface area contributed by atoms with E-state index in [9.17, 15) is 0 Å². The van der Waals surface area contributed by atoms with Crippen LogP contribution in [0.3, 0.4) is 0 Å². The van der Waals surface area contributed by atoms with Crippen molar-refractivity contribution in [2.45, 2.75) is 6.92 Å². The summed E-state index contributed by atoms with van der Waals surface area (Å²) in [5.41, 5.74) is 4.31. The van der Waals surface area contributed by atoms with Crippen molar-refractivity contribution in [3.8, 4) is 32.4 Å². The molecular formula is C21H17ClN2OS. The van der Waals surface area contributed by atoms with E-state index in [4.69, 9.17) is 16.3 Å². The standard InChI is InChI=1S/C21H17ClN2OS/c1-14-7-8-15(25-2)13-16(14)20-9-10-21(26-20)19-11-12-23-24(19)18-6-4-3-5-17(18)22/h3-13H,1-2H3. The third-order valence-corrected chi connectivity index (χ3v) is 5.75. The van der Waals surface area contributed by atoms with Crippen LogP contribution in [0, 0.1) is 6.92 Å². The lowest BCUT2D eigenvalue weighted by Crippen LogP contribution is -1.98. The van der Waals surface area contributed by atoms with E-state index in [1.54, 1.807) is 24.6 Å². The molecule has 0 fully saturated rings. The number of nitrogens with zero attached hydrogens (tertiary/aromatic N) is 2. The number of ether oxygens (including phenoxy) is 1. The van der Waals surface area contributed by atoms with Crippen molar-refractivity contribution < 1.29 is 4.74 Å². The van der Waals surface area contributed by atoms with Gasteiger partial charge in [0.2, 0.25) is 0 Å². The first kappa shape index (κ1) is 16.9. The number of hydrogen-bond donors (Lipinski definition) is 0. The molecule has 2 aromatic heterocycles. The molecule has 0 radical (unpaired) electrons. The summed E-state index contributed by atoms with van der Waals surface area (Å²) in [6.45, 7) is 2.11. The molecule has 0 aliphatic carbocycles. The Morgan fingerprint density at radius 1 is 1.00 bits per heavy atom. The quantitative estimate of drug-likeness (QED) is 0.419. The number of methoxy groups -OCH3 is 1. The Bertz CT molecular complexity index is 1070. The number of aromatic nitrogens is 2. The first-order valence-electron chi connectivity index (χ1n) is 8.21. The summed E-state index contributed by atoms with van der Waals surface area (Å²) in [5.74, 6) is 0.863. The zero-order chi connectivity index (χ0) is 18.1. The molecular weight excluding hydrogens is 364 g/mol. The number of thiophene rings is 1. The second-order valence-electron chi connectivity index (χ2n) is 5.92. The molecule has 2 heterocycles. The van der Waals surface area contributed by atoms with E-state index in [1.165, 1.54) is 16.0 Å². The highest BCUT2D eigenvalue weighted by Crippen LogP contribution is 2.38. The highest BCUT2D eigenvalue weighted by molar-refractivity contribution is 7.18. The van der Waals surface area contributed by atoms with Crippen molar-refractivity contribution in [1.29, 1.82) is 0 Å². The van der Waals surface area contributed by atoms with E-state index in [0.29, 0.717) is 5.02 Å². The van der Waals surface area contributed by atoms with Crippen molar-refractivity contribution in [1.82, 2.24) is 9.78 Å². The number of rotatable bonds is 4. The molecule has 0 bridgehead atoms. The van der Waals surface area contributed by atoms with Gasteiger partial charge in [0.15, 0.2) is 0 Å². The predicted molar refractivity (Wildman–Crippen MR) is 109 cm³/mol. The van der Waals surface area contributed by atoms with Crippen LogP contribution in [0.2, 0.25) is 5.02 Å². The van der Waals surface area contributed by atoms with Crippen molar-refractivity contribution in [3.05, 3.63) is 77.4 Å². The molecule has 0 N–H and O–H groups in total. The molecule has 2 aromatic carbocycles. The Kier molecular flexibility index (Phi) is 4.53. The minimum atomic E-state index is 0.679. The van der Waals surface area contributed by atoms with Gasteiger partial charge < -0.3 is 4.74 Å². The molecule has 4 rings (SSSR count). The van der Waals surface area contributed by atoms with Crippen LogP contribution in [0.4, 0.5) is 0 Å². The number of benzene rings is 2. The largest absolute Gasteiger partial charge is 0.497 e. The van der Waals surface area contributed by atoms with Gasteiger partial charge in [-0.3, -0.25) is 0 Å². The summed E-state index contributed by atoms with van der Waals surface area (Å²) in [7, 11) is 1.69. The summed E-state index contributed by atoms with van der Waals surface area (Å²) < 4.78 is 7.26. The number of hydrogen-bond acceptors (Lipinski definition) is 3. The fourth-order valence-electron chi connectivity index (χ4n) is 2.92. The second kappa shape index (κ2) is 6.98. The van der Waals surface area contributed by atoms with Crippen molar-refractivity contribution >= 4 is 22.9 Å². The first-order chi connectivity index (χ1) is 12.7. The third kappa shape index (κ3) is 3.02. The van der Waals surface area contributed by atoms with Crippen LogP contribution in [0.25, 0.3) is 26.7 Å². The van der Waals surface area contributed by atoms with Gasteiger partial charge in [0.05, 0.1) is 34.6 Å². The molecule has 0 aliphatic rings. The lowest BCUT2D eigenvalue weighted by atomic mass is 10.1. The molecule has 0 saturated heterocycles. The number of halogens is 1. The third-order valence-electron chi connectivity index (χ3n) is 4.29. The van der Waals surface area contributed by atoms with Gasteiger partial charge in [-0.15, -0.1) is 11.3 Å². The molecule has 130 valence electrons. The van der Waals surface area contributed by atoms with Gasteiger partial charge in [0.1, 0.15) is 5.75 Å². The lowest BCUT2D eigenvalue weighted by Gasteiger charge is -2.08. The summed E-state index contributed by atoms with van der Waals surface area (Å²) in [4.78, 5) is 2.34. The highest BCUT2D eigenvalue weighted by atomic mass is 35.5. The summed E-state index contributed by atoms with van der Waals surface area (Å²) in [6.07, 6.45) is 1.80. The summed E-state index contributed by atoms with van der Waals surface area (Å²) in [5, 5.41) is 5.15. The summed E-state index contributed by atoms with van der Waals surface area (Å²) >= 11 is 8.09. The fraction of sp³-hybridized carbons (Fsp3) is 0.0952. The van der Waals surface area contributed by atoms with Crippen LogP contribution in [-0.4, -0.2) is 16.9 Å². The maximum atomic E-state index is 6.36. The van der Waals surface area contributed by atoms with Crippen LogP contribution < -0.4 is 4.74 Å². The minimum absolute atomic E-state index is 0.679. The SMILES string of the molecule is COc1ccc(C)c(-c2ccc(-c3ccnn3-c3ccccc3Cl)s2)c1. The average Bonchev–Trinajstić information content (AvgIpc) is 3.31. The Morgan fingerprint density at radius 3 is 2.62 bits per heavy atom. The van der Waals surface area contributed by atoms with Gasteiger partial charge >= 0.3 is 0 Å². The van der Waals surface area contributed by atoms with E-state index in [-0.39, 0.29) is 0 Å². The maximum Gasteiger partial charge on any atom is 0.119 e. The topological polar surface area (TPSA) is 27.1 Å². The molecule has 0 atom stereocenters. The van der Waals surface area contributed by atoms with E-state index in [1.807, 2.05) is 41.1 Å². The minimum Gasteiger partial charge on any atom is -0.497 e. The Labute approximate surface area is 161 Å². The molecule has 0 spiro atoms. The molecule has 4 aromatic rings. The smallest absolute Gasteiger partial charge is 0.119 e. The van der Waals surface area contributed by atoms with Gasteiger partial charge in [-0.1, -0.05) is 29.8 Å². The van der Waals surface area contributed by atoms with Gasteiger partial charge in [-0.2, -0.15) is 5.10 Å². The normalized spacial score (nSPS) is 10.9. The van der Waals surface area contributed by atoms with Crippen molar-refractivity contribution in [3.63, 3.8) is 0 Å². The van der Waals surface area contributed by atoms with Gasteiger partial charge in [0.25, 0.3) is 0 Å². The highest BCUT2D eigenvalue weighted by Gasteiger charge is 2.14. The van der Waals surface area contributed by atoms with E-state index >= 15 is 0 Å². The Morgan fingerprint density at radius 2 is 1.81 bits per heavy atom. The molecule has 3 nitrogen and oxygen atoms in total. The zero-order valence-electron chi connectivity index (χ0n) is 14.4. The van der Waals surface area contributed by atoms with Crippen LogP contribution in [0.1, 0.15) is 5.56 Å². The first-order valence-corrected chi connectivity index (χ1v) is 9.41. The van der Waals surface area contributed by atoms with Crippen molar-refractivity contribution in [2.24, 2.45) is 0 Å². The Balaban J connectivity index is 1.77. The molecule has 0 saturated carbocycles. The van der Waals surface area contributed by atoms with E-state index in [0.717, 1.165) is 22.0 Å². The predicted octanol–water partition coefficient (Wildman–Crippen LogP) is 6.24. The van der Waals surface area contributed by atoms with Gasteiger partial charge in [-0.25, -0.2) is 4.68 Å². The van der Waals surface area contributed by atoms with Crippen LogP contribution >= 0.6 is 22.9 Å². The maximum absolute atomic E-state index is 6.36.